The SMILES string of the molecule is Cc1ccc(C(=O)Nc2cc(N3CC[C@H](N(C)C)C3)cc(C(F)(F)F)c2)cc1Oc1ccnc2c1OCCN2. The lowest BCUT2D eigenvalue weighted by Gasteiger charge is -2.23. The molecule has 0 saturated carbocycles. The number of anilines is 3. The summed E-state index contributed by atoms with van der Waals surface area (Å²) in [6.07, 6.45) is -2.12. The number of carbonyl (C=O) groups is 1. The zero-order valence-corrected chi connectivity index (χ0v) is 21.9. The number of nitrogens with one attached hydrogen (secondary N) is 2. The average Bonchev–Trinajstić information content (AvgIpc) is 3.40. The Balaban J connectivity index is 1.39. The van der Waals surface area contributed by atoms with Crippen LogP contribution in [0.15, 0.2) is 48.7 Å². The summed E-state index contributed by atoms with van der Waals surface area (Å²) in [5, 5.41) is 5.79. The minimum Gasteiger partial charge on any atom is -0.485 e. The lowest BCUT2D eigenvalue weighted by Crippen LogP contribution is -2.31. The number of ether oxygens (including phenoxy) is 2. The predicted molar refractivity (Wildman–Crippen MR) is 143 cm³/mol. The monoisotopic (exact) mass is 541 g/mol. The first-order chi connectivity index (χ1) is 18.6. The van der Waals surface area contributed by atoms with Crippen LogP contribution >= 0.6 is 0 Å². The molecule has 0 spiro atoms. The van der Waals surface area contributed by atoms with E-state index >= 15 is 0 Å². The van der Waals surface area contributed by atoms with Gasteiger partial charge >= 0.3 is 6.18 Å². The molecule has 0 bridgehead atoms. The van der Waals surface area contributed by atoms with Gasteiger partial charge in [0.05, 0.1) is 12.1 Å². The number of hydrogen-bond acceptors (Lipinski definition) is 7. The van der Waals surface area contributed by atoms with Crippen molar-refractivity contribution in [1.82, 2.24) is 9.88 Å². The second-order valence-electron chi connectivity index (χ2n) is 9.92. The molecule has 3 aromatic rings. The molecule has 0 unspecified atom stereocenters. The fourth-order valence-electron chi connectivity index (χ4n) is 4.70. The molecular formula is C28H30F3N5O3. The highest BCUT2D eigenvalue weighted by Crippen LogP contribution is 2.39. The summed E-state index contributed by atoms with van der Waals surface area (Å²) in [7, 11) is 3.91. The molecule has 11 heteroatoms. The van der Waals surface area contributed by atoms with Crippen LogP contribution in [0.1, 0.15) is 27.9 Å². The van der Waals surface area contributed by atoms with Crippen LogP contribution in [0.5, 0.6) is 17.2 Å². The highest BCUT2D eigenvalue weighted by atomic mass is 19.4. The summed E-state index contributed by atoms with van der Waals surface area (Å²) in [6, 6.07) is 10.5. The van der Waals surface area contributed by atoms with Crippen LogP contribution in [0.25, 0.3) is 0 Å². The smallest absolute Gasteiger partial charge is 0.416 e. The lowest BCUT2D eigenvalue weighted by molar-refractivity contribution is -0.137. The zero-order chi connectivity index (χ0) is 27.7. The van der Waals surface area contributed by atoms with E-state index in [-0.39, 0.29) is 17.3 Å². The number of hydrogen-bond donors (Lipinski definition) is 2. The van der Waals surface area contributed by atoms with Gasteiger partial charge in [-0.1, -0.05) is 6.07 Å². The molecule has 1 fully saturated rings. The van der Waals surface area contributed by atoms with Crippen molar-refractivity contribution in [2.75, 3.05) is 55.9 Å². The van der Waals surface area contributed by atoms with Crippen LogP contribution in [0.3, 0.4) is 0 Å². The van der Waals surface area contributed by atoms with E-state index < -0.39 is 17.6 Å². The van der Waals surface area contributed by atoms with Gasteiger partial charge in [-0.25, -0.2) is 4.98 Å². The van der Waals surface area contributed by atoms with Gasteiger partial charge in [-0.05, 0) is 63.3 Å². The number of pyridine rings is 1. The second kappa shape index (κ2) is 10.6. The maximum Gasteiger partial charge on any atom is 0.416 e. The van der Waals surface area contributed by atoms with Gasteiger partial charge in [-0.15, -0.1) is 0 Å². The first-order valence-corrected chi connectivity index (χ1v) is 12.7. The van der Waals surface area contributed by atoms with Crippen molar-refractivity contribution in [2.24, 2.45) is 0 Å². The Morgan fingerprint density at radius 3 is 2.74 bits per heavy atom. The van der Waals surface area contributed by atoms with Crippen LogP contribution in [0.4, 0.5) is 30.4 Å². The molecule has 2 N–H and O–H groups in total. The van der Waals surface area contributed by atoms with Crippen molar-refractivity contribution in [1.29, 1.82) is 0 Å². The topological polar surface area (TPSA) is 79.0 Å². The Morgan fingerprint density at radius 1 is 1.18 bits per heavy atom. The molecule has 2 aromatic carbocycles. The molecule has 2 aliphatic rings. The van der Waals surface area contributed by atoms with E-state index in [1.54, 1.807) is 36.5 Å². The van der Waals surface area contributed by atoms with E-state index in [1.165, 1.54) is 0 Å². The highest BCUT2D eigenvalue weighted by molar-refractivity contribution is 6.05. The molecule has 1 aromatic heterocycles. The number of carbonyl (C=O) groups excluding carboxylic acids is 1. The molecule has 206 valence electrons. The molecule has 8 nitrogen and oxygen atoms in total. The Morgan fingerprint density at radius 2 is 2.00 bits per heavy atom. The number of benzene rings is 2. The number of likely N-dealkylation sites (N-methyl/N-ethyl adjacent to an activating group) is 1. The zero-order valence-electron chi connectivity index (χ0n) is 21.9. The Labute approximate surface area is 224 Å². The standard InChI is InChI=1S/C28H30F3N5O3/c1-17-4-5-18(12-24(17)39-23-6-8-32-26-25(23)38-11-9-33-26)27(37)34-20-13-19(28(29,30)31)14-22(15-20)36-10-7-21(16-36)35(2)3/h4-6,8,12-15,21H,7,9-11,16H2,1-3H3,(H,32,33)(H,34,37)/t21-/m0/s1. The molecule has 1 saturated heterocycles. The van der Waals surface area contributed by atoms with Crippen molar-refractivity contribution in [3.63, 3.8) is 0 Å². The molecule has 39 heavy (non-hydrogen) atoms. The summed E-state index contributed by atoms with van der Waals surface area (Å²) in [5.74, 6) is 1.36. The average molecular weight is 542 g/mol. The number of aromatic nitrogens is 1. The van der Waals surface area contributed by atoms with E-state index in [9.17, 15) is 18.0 Å². The van der Waals surface area contributed by atoms with Gasteiger partial charge in [0.25, 0.3) is 5.91 Å². The van der Waals surface area contributed by atoms with Gasteiger partial charge in [0, 0.05) is 48.3 Å². The molecular weight excluding hydrogens is 511 g/mol. The van der Waals surface area contributed by atoms with Crippen LogP contribution in [0.2, 0.25) is 0 Å². The van der Waals surface area contributed by atoms with Gasteiger partial charge in [0.2, 0.25) is 5.75 Å². The Bertz CT molecular complexity index is 1380. The van der Waals surface area contributed by atoms with Crippen molar-refractivity contribution in [2.45, 2.75) is 25.6 Å². The van der Waals surface area contributed by atoms with Crippen molar-refractivity contribution < 1.29 is 27.4 Å². The normalized spacial score (nSPS) is 16.9. The number of aryl methyl sites for hydroxylation is 1. The number of rotatable bonds is 6. The predicted octanol–water partition coefficient (Wildman–Crippen LogP) is 5.40. The first-order valence-electron chi connectivity index (χ1n) is 12.7. The minimum absolute atomic E-state index is 0.0730. The van der Waals surface area contributed by atoms with Crippen LogP contribution < -0.4 is 25.0 Å². The van der Waals surface area contributed by atoms with Crippen LogP contribution in [0, 0.1) is 6.92 Å². The molecule has 0 radical (unpaired) electrons. The summed E-state index contributed by atoms with van der Waals surface area (Å²) >= 11 is 0. The third-order valence-corrected chi connectivity index (χ3v) is 6.94. The summed E-state index contributed by atoms with van der Waals surface area (Å²) in [6.45, 7) is 4.17. The van der Waals surface area contributed by atoms with Gasteiger partial charge in [0.1, 0.15) is 12.4 Å². The molecule has 2 aliphatic heterocycles. The van der Waals surface area contributed by atoms with E-state index in [2.05, 4.69) is 20.5 Å². The summed E-state index contributed by atoms with van der Waals surface area (Å²) < 4.78 is 53.0. The number of fused-ring (bicyclic) bond motifs is 1. The molecule has 1 amide bonds. The largest absolute Gasteiger partial charge is 0.485 e. The fourth-order valence-corrected chi connectivity index (χ4v) is 4.70. The van der Waals surface area contributed by atoms with E-state index in [4.69, 9.17) is 9.47 Å². The molecule has 3 heterocycles. The quantitative estimate of drug-likeness (QED) is 0.433. The van der Waals surface area contributed by atoms with Crippen molar-refractivity contribution >= 4 is 23.1 Å². The number of nitrogens with zero attached hydrogens (tertiary/aromatic N) is 3. The maximum absolute atomic E-state index is 13.7. The first kappa shape index (κ1) is 26.6. The lowest BCUT2D eigenvalue weighted by atomic mass is 10.1. The minimum atomic E-state index is -4.55. The number of alkyl halides is 3. The van der Waals surface area contributed by atoms with Crippen molar-refractivity contribution in [3.05, 3.63) is 65.4 Å². The summed E-state index contributed by atoms with van der Waals surface area (Å²) in [5.41, 5.74) is 0.696. The van der Waals surface area contributed by atoms with E-state index in [0.29, 0.717) is 55.0 Å². The fraction of sp³-hybridized carbons (Fsp3) is 0.357. The Hall–Kier alpha value is -3.99. The third-order valence-electron chi connectivity index (χ3n) is 6.94. The van der Waals surface area contributed by atoms with Crippen LogP contribution in [-0.4, -0.2) is 62.2 Å². The second-order valence-corrected chi connectivity index (χ2v) is 9.92. The molecule has 5 rings (SSSR count). The Kier molecular flexibility index (Phi) is 7.26. The molecule has 1 atom stereocenters. The maximum atomic E-state index is 13.7. The van der Waals surface area contributed by atoms with Crippen molar-refractivity contribution in [3.8, 4) is 17.2 Å². The molecule has 0 aliphatic carbocycles. The van der Waals surface area contributed by atoms with Gasteiger partial charge < -0.3 is 29.9 Å². The summed E-state index contributed by atoms with van der Waals surface area (Å²) in [4.78, 5) is 21.4. The van der Waals surface area contributed by atoms with E-state index in [1.807, 2.05) is 25.9 Å². The number of amides is 1. The van der Waals surface area contributed by atoms with Gasteiger partial charge in [0.15, 0.2) is 11.6 Å². The third kappa shape index (κ3) is 5.88. The van der Waals surface area contributed by atoms with E-state index in [0.717, 1.165) is 24.1 Å². The highest BCUT2D eigenvalue weighted by Gasteiger charge is 2.33. The van der Waals surface area contributed by atoms with Gasteiger partial charge in [-0.2, -0.15) is 13.2 Å². The van der Waals surface area contributed by atoms with Crippen LogP contribution in [-0.2, 0) is 6.18 Å². The van der Waals surface area contributed by atoms with Gasteiger partial charge in [-0.3, -0.25) is 4.79 Å². The number of halogens is 3.